The van der Waals surface area contributed by atoms with Gasteiger partial charge in [0, 0.05) is 6.54 Å². The first-order chi connectivity index (χ1) is 8.79. The summed E-state index contributed by atoms with van der Waals surface area (Å²) in [5.74, 6) is 0.0314. The van der Waals surface area contributed by atoms with Crippen molar-refractivity contribution < 1.29 is 14.6 Å². The summed E-state index contributed by atoms with van der Waals surface area (Å²) in [6, 6.07) is 4.98. The molecule has 0 atom stereocenters. The molecule has 104 valence electrons. The molecule has 1 amide bonds. The Morgan fingerprint density at radius 3 is 2.79 bits per heavy atom. The highest BCUT2D eigenvalue weighted by atomic mass is 35.5. The number of alkyl carbamates (subject to hydrolysis) is 1. The van der Waals surface area contributed by atoms with Crippen LogP contribution >= 0.6 is 11.6 Å². The van der Waals surface area contributed by atoms with Gasteiger partial charge >= 0.3 is 6.09 Å². The van der Waals surface area contributed by atoms with E-state index in [1.165, 1.54) is 6.07 Å². The lowest BCUT2D eigenvalue weighted by molar-refractivity contribution is 0.0534. The molecule has 0 aromatic heterocycles. The Morgan fingerprint density at radius 1 is 1.47 bits per heavy atom. The van der Waals surface area contributed by atoms with Gasteiger partial charge in [0.25, 0.3) is 0 Å². The number of nitrogens with one attached hydrogen (secondary N) is 1. The van der Waals surface area contributed by atoms with E-state index in [9.17, 15) is 9.90 Å². The van der Waals surface area contributed by atoms with E-state index in [2.05, 4.69) is 5.32 Å². The first-order valence-electron chi connectivity index (χ1n) is 5.90. The molecule has 1 aromatic carbocycles. The number of aromatic hydroxyl groups is 1. The molecule has 0 aliphatic rings. The molecule has 0 bridgehead atoms. The Kier molecular flexibility index (Phi) is 5.24. The van der Waals surface area contributed by atoms with Crippen LogP contribution in [0.2, 0.25) is 5.02 Å². The quantitative estimate of drug-likeness (QED) is 0.891. The van der Waals surface area contributed by atoms with Crippen molar-refractivity contribution in [1.29, 1.82) is 0 Å². The minimum absolute atomic E-state index is 0.0314. The highest BCUT2D eigenvalue weighted by Crippen LogP contribution is 2.27. The van der Waals surface area contributed by atoms with Crippen LogP contribution in [-0.2, 0) is 4.74 Å². The third-order valence-electron chi connectivity index (χ3n) is 2.07. The molecular formula is C14H18ClNO3. The Hall–Kier alpha value is -1.68. The smallest absolute Gasteiger partial charge is 0.407 e. The summed E-state index contributed by atoms with van der Waals surface area (Å²) in [7, 11) is 0. The summed E-state index contributed by atoms with van der Waals surface area (Å²) in [6.45, 7) is 5.72. The standard InChI is InChI=1S/C14H18ClNO3/c1-14(2,3)19-13(18)16-9-5-7-10-6-4-8-11(17)12(10)15/h4-8,17H,9H2,1-3H3,(H,16,18). The predicted molar refractivity (Wildman–Crippen MR) is 76.4 cm³/mol. The zero-order valence-electron chi connectivity index (χ0n) is 11.2. The molecule has 1 aromatic rings. The van der Waals surface area contributed by atoms with Gasteiger partial charge in [0.2, 0.25) is 0 Å². The summed E-state index contributed by atoms with van der Waals surface area (Å²) >= 11 is 5.91. The Bertz CT molecular complexity index is 478. The van der Waals surface area contributed by atoms with Crippen molar-refractivity contribution in [2.75, 3.05) is 6.54 Å². The Morgan fingerprint density at radius 2 is 2.16 bits per heavy atom. The minimum Gasteiger partial charge on any atom is -0.506 e. The average Bonchev–Trinajstić information content (AvgIpc) is 2.27. The molecule has 4 nitrogen and oxygen atoms in total. The molecular weight excluding hydrogens is 266 g/mol. The maximum absolute atomic E-state index is 11.4. The van der Waals surface area contributed by atoms with Crippen molar-refractivity contribution in [2.45, 2.75) is 26.4 Å². The topological polar surface area (TPSA) is 58.6 Å². The van der Waals surface area contributed by atoms with Crippen LogP contribution in [0, 0.1) is 0 Å². The van der Waals surface area contributed by atoms with Gasteiger partial charge in [0.1, 0.15) is 11.4 Å². The molecule has 0 unspecified atom stereocenters. The van der Waals surface area contributed by atoms with E-state index >= 15 is 0 Å². The van der Waals surface area contributed by atoms with Crippen LogP contribution in [0.25, 0.3) is 6.08 Å². The fourth-order valence-electron chi connectivity index (χ4n) is 1.31. The van der Waals surface area contributed by atoms with E-state index < -0.39 is 11.7 Å². The monoisotopic (exact) mass is 283 g/mol. The van der Waals surface area contributed by atoms with E-state index in [0.717, 1.165) is 0 Å². The Labute approximate surface area is 118 Å². The number of carbonyl (C=O) groups excluding carboxylic acids is 1. The van der Waals surface area contributed by atoms with Gasteiger partial charge in [-0.15, -0.1) is 0 Å². The summed E-state index contributed by atoms with van der Waals surface area (Å²) in [6.07, 6.45) is 2.98. The number of ether oxygens (including phenoxy) is 1. The lowest BCUT2D eigenvalue weighted by Crippen LogP contribution is -2.32. The molecule has 0 radical (unpaired) electrons. The zero-order valence-corrected chi connectivity index (χ0v) is 12.0. The van der Waals surface area contributed by atoms with Gasteiger partial charge in [0.05, 0.1) is 5.02 Å². The van der Waals surface area contributed by atoms with Crippen molar-refractivity contribution in [2.24, 2.45) is 0 Å². The van der Waals surface area contributed by atoms with Crippen molar-refractivity contribution in [1.82, 2.24) is 5.32 Å². The van der Waals surface area contributed by atoms with Gasteiger partial charge in [-0.1, -0.05) is 35.9 Å². The molecule has 0 saturated heterocycles. The first-order valence-corrected chi connectivity index (χ1v) is 6.28. The van der Waals surface area contributed by atoms with Crippen LogP contribution in [-0.4, -0.2) is 23.3 Å². The van der Waals surface area contributed by atoms with Gasteiger partial charge < -0.3 is 15.2 Å². The van der Waals surface area contributed by atoms with Gasteiger partial charge in [-0.05, 0) is 32.4 Å². The van der Waals surface area contributed by atoms with Crippen molar-refractivity contribution in [3.05, 3.63) is 34.9 Å². The number of hydrogen-bond donors (Lipinski definition) is 2. The summed E-state index contributed by atoms with van der Waals surface area (Å²) in [4.78, 5) is 11.4. The van der Waals surface area contributed by atoms with Gasteiger partial charge in [-0.25, -0.2) is 4.79 Å². The SMILES string of the molecule is CC(C)(C)OC(=O)NCC=Cc1cccc(O)c1Cl. The van der Waals surface area contributed by atoms with Crippen molar-refractivity contribution in [3.8, 4) is 5.75 Å². The van der Waals surface area contributed by atoms with Gasteiger partial charge in [-0.2, -0.15) is 0 Å². The number of phenols is 1. The van der Waals surface area contributed by atoms with Gasteiger partial charge in [0.15, 0.2) is 0 Å². The minimum atomic E-state index is -0.512. The number of amides is 1. The molecule has 2 N–H and O–H groups in total. The molecule has 0 spiro atoms. The van der Waals surface area contributed by atoms with Crippen LogP contribution < -0.4 is 5.32 Å². The third kappa shape index (κ3) is 5.66. The van der Waals surface area contributed by atoms with Crippen molar-refractivity contribution >= 4 is 23.8 Å². The van der Waals surface area contributed by atoms with Crippen LogP contribution in [0.15, 0.2) is 24.3 Å². The molecule has 0 saturated carbocycles. The summed E-state index contributed by atoms with van der Waals surface area (Å²) in [5.41, 5.74) is 0.176. The van der Waals surface area contributed by atoms with Gasteiger partial charge in [-0.3, -0.25) is 0 Å². The number of hydrogen-bond acceptors (Lipinski definition) is 3. The lowest BCUT2D eigenvalue weighted by Gasteiger charge is -2.19. The molecule has 19 heavy (non-hydrogen) atoms. The van der Waals surface area contributed by atoms with E-state index in [1.807, 2.05) is 0 Å². The normalized spacial score (nSPS) is 11.6. The molecule has 0 heterocycles. The summed E-state index contributed by atoms with van der Waals surface area (Å²) in [5, 5.41) is 12.3. The molecule has 1 rings (SSSR count). The third-order valence-corrected chi connectivity index (χ3v) is 2.48. The van der Waals surface area contributed by atoms with Crippen LogP contribution in [0.3, 0.4) is 0 Å². The van der Waals surface area contributed by atoms with Crippen molar-refractivity contribution in [3.63, 3.8) is 0 Å². The van der Waals surface area contributed by atoms with E-state index in [1.54, 1.807) is 45.1 Å². The fraction of sp³-hybridized carbons (Fsp3) is 0.357. The lowest BCUT2D eigenvalue weighted by atomic mass is 10.2. The summed E-state index contributed by atoms with van der Waals surface area (Å²) < 4.78 is 5.08. The first kappa shape index (κ1) is 15.4. The molecule has 0 fully saturated rings. The largest absolute Gasteiger partial charge is 0.506 e. The fourth-order valence-corrected chi connectivity index (χ4v) is 1.50. The number of carbonyl (C=O) groups is 1. The maximum Gasteiger partial charge on any atom is 0.407 e. The molecule has 0 aliphatic carbocycles. The van der Waals surface area contributed by atoms with E-state index in [4.69, 9.17) is 16.3 Å². The number of benzene rings is 1. The van der Waals surface area contributed by atoms with Crippen LogP contribution in [0.1, 0.15) is 26.3 Å². The molecule has 5 heteroatoms. The number of halogens is 1. The second kappa shape index (κ2) is 6.48. The second-order valence-electron chi connectivity index (χ2n) is 4.97. The second-order valence-corrected chi connectivity index (χ2v) is 5.34. The highest BCUT2D eigenvalue weighted by molar-refractivity contribution is 6.33. The van der Waals surface area contributed by atoms with E-state index in [-0.39, 0.29) is 10.8 Å². The average molecular weight is 284 g/mol. The molecule has 0 aliphatic heterocycles. The van der Waals surface area contributed by atoms with E-state index in [0.29, 0.717) is 12.1 Å². The van der Waals surface area contributed by atoms with Crippen LogP contribution in [0.4, 0.5) is 4.79 Å². The number of rotatable bonds is 3. The maximum atomic E-state index is 11.4. The highest BCUT2D eigenvalue weighted by Gasteiger charge is 2.14. The predicted octanol–water partition coefficient (Wildman–Crippen LogP) is 3.58. The van der Waals surface area contributed by atoms with Crippen LogP contribution in [0.5, 0.6) is 5.75 Å². The zero-order chi connectivity index (χ0) is 14.5. The number of phenolic OH excluding ortho intramolecular Hbond substituents is 1. The Balaban J connectivity index is 2.47.